The van der Waals surface area contributed by atoms with Gasteiger partial charge in [0.2, 0.25) is 0 Å². The molecule has 2 saturated heterocycles. The van der Waals surface area contributed by atoms with Crippen LogP contribution >= 0.6 is 0 Å². The van der Waals surface area contributed by atoms with Crippen LogP contribution in [0.5, 0.6) is 0 Å². The van der Waals surface area contributed by atoms with Gasteiger partial charge in [0.25, 0.3) is 5.91 Å². The third kappa shape index (κ3) is 4.03. The van der Waals surface area contributed by atoms with Crippen molar-refractivity contribution in [1.82, 2.24) is 4.90 Å². The van der Waals surface area contributed by atoms with Crippen molar-refractivity contribution in [3.63, 3.8) is 0 Å². The molecule has 0 spiro atoms. The van der Waals surface area contributed by atoms with Crippen LogP contribution in [-0.2, 0) is 20.8 Å². The minimum Gasteiger partial charge on any atom is -0.379 e. The number of hydrogen-bond acceptors (Lipinski definition) is 4. The van der Waals surface area contributed by atoms with Gasteiger partial charge in [-0.3, -0.25) is 9.69 Å². The highest BCUT2D eigenvalue weighted by Gasteiger charge is 2.23. The number of rotatable bonds is 4. The van der Waals surface area contributed by atoms with E-state index in [2.05, 4.69) is 16.3 Å². The maximum Gasteiger partial charge on any atom is 0.253 e. The van der Waals surface area contributed by atoms with Gasteiger partial charge in [-0.2, -0.15) is 0 Å². The molecule has 1 aromatic carbocycles. The van der Waals surface area contributed by atoms with Gasteiger partial charge in [-0.25, -0.2) is 0 Å². The molecule has 0 aliphatic carbocycles. The molecule has 3 rings (SSSR count). The number of anilines is 1. The Morgan fingerprint density at radius 3 is 2.90 bits per heavy atom. The van der Waals surface area contributed by atoms with Crippen molar-refractivity contribution in [3.8, 4) is 0 Å². The maximum absolute atomic E-state index is 12.1. The van der Waals surface area contributed by atoms with E-state index in [0.717, 1.165) is 51.4 Å². The molecular weight excluding hydrogens is 268 g/mol. The molecule has 5 heteroatoms. The van der Waals surface area contributed by atoms with Gasteiger partial charge in [0.05, 0.1) is 13.2 Å². The summed E-state index contributed by atoms with van der Waals surface area (Å²) >= 11 is 0. The first-order chi connectivity index (χ1) is 10.3. The molecule has 0 aromatic heterocycles. The summed E-state index contributed by atoms with van der Waals surface area (Å²) in [5.74, 6) is -0.0315. The van der Waals surface area contributed by atoms with Crippen molar-refractivity contribution in [2.45, 2.75) is 25.5 Å². The highest BCUT2D eigenvalue weighted by atomic mass is 16.5. The average molecular weight is 290 g/mol. The molecule has 2 aliphatic heterocycles. The molecule has 0 saturated carbocycles. The van der Waals surface area contributed by atoms with Crippen molar-refractivity contribution < 1.29 is 14.3 Å². The van der Waals surface area contributed by atoms with Gasteiger partial charge in [-0.05, 0) is 30.5 Å². The molecule has 1 N–H and O–H groups in total. The van der Waals surface area contributed by atoms with E-state index in [1.54, 1.807) is 0 Å². The molecule has 1 aromatic rings. The molecule has 21 heavy (non-hydrogen) atoms. The second kappa shape index (κ2) is 7.02. The Hall–Kier alpha value is -1.43. The van der Waals surface area contributed by atoms with Crippen LogP contribution in [0.3, 0.4) is 0 Å². The molecule has 2 aliphatic rings. The van der Waals surface area contributed by atoms with E-state index < -0.39 is 0 Å². The fourth-order valence-corrected chi connectivity index (χ4v) is 2.77. The van der Waals surface area contributed by atoms with Crippen LogP contribution in [0.4, 0.5) is 5.69 Å². The Morgan fingerprint density at radius 1 is 1.29 bits per heavy atom. The summed E-state index contributed by atoms with van der Waals surface area (Å²) in [4.78, 5) is 14.4. The van der Waals surface area contributed by atoms with E-state index in [9.17, 15) is 4.79 Å². The molecule has 5 nitrogen and oxygen atoms in total. The Morgan fingerprint density at radius 2 is 2.14 bits per heavy atom. The molecule has 0 bridgehead atoms. The number of amides is 1. The zero-order valence-electron chi connectivity index (χ0n) is 12.2. The van der Waals surface area contributed by atoms with Crippen molar-refractivity contribution >= 4 is 11.6 Å². The van der Waals surface area contributed by atoms with E-state index in [0.29, 0.717) is 6.61 Å². The monoisotopic (exact) mass is 290 g/mol. The molecule has 2 heterocycles. The third-order valence-electron chi connectivity index (χ3n) is 3.93. The van der Waals surface area contributed by atoms with E-state index in [1.165, 1.54) is 5.56 Å². The maximum atomic E-state index is 12.1. The predicted octanol–water partition coefficient (Wildman–Crippen LogP) is 1.64. The van der Waals surface area contributed by atoms with Gasteiger partial charge < -0.3 is 14.8 Å². The molecule has 1 unspecified atom stereocenters. The highest BCUT2D eigenvalue weighted by molar-refractivity contribution is 5.94. The molecule has 114 valence electrons. The number of benzene rings is 1. The summed E-state index contributed by atoms with van der Waals surface area (Å²) < 4.78 is 10.8. The van der Waals surface area contributed by atoms with Crippen LogP contribution in [0.15, 0.2) is 24.3 Å². The standard InChI is InChI=1S/C16H22N2O3/c19-16(15-5-2-8-21-15)17-14-4-1-3-13(11-14)12-18-6-9-20-10-7-18/h1,3-4,11,15H,2,5-10,12H2,(H,17,19). The lowest BCUT2D eigenvalue weighted by atomic mass is 10.1. The topological polar surface area (TPSA) is 50.8 Å². The second-order valence-electron chi connectivity index (χ2n) is 5.58. The fraction of sp³-hybridized carbons (Fsp3) is 0.562. The summed E-state index contributed by atoms with van der Waals surface area (Å²) in [5, 5.41) is 2.95. The van der Waals surface area contributed by atoms with E-state index in [4.69, 9.17) is 9.47 Å². The number of nitrogens with one attached hydrogen (secondary N) is 1. The van der Waals surface area contributed by atoms with Gasteiger partial charge in [-0.15, -0.1) is 0 Å². The molecule has 1 atom stereocenters. The first-order valence-electron chi connectivity index (χ1n) is 7.63. The fourth-order valence-electron chi connectivity index (χ4n) is 2.77. The number of carbonyl (C=O) groups excluding carboxylic acids is 1. The zero-order chi connectivity index (χ0) is 14.5. The summed E-state index contributed by atoms with van der Waals surface area (Å²) in [6.45, 7) is 5.12. The van der Waals surface area contributed by atoms with Gasteiger partial charge in [0.1, 0.15) is 6.10 Å². The van der Waals surface area contributed by atoms with Crippen molar-refractivity contribution in [2.24, 2.45) is 0 Å². The minimum atomic E-state index is -0.284. The first-order valence-corrected chi connectivity index (χ1v) is 7.63. The number of ether oxygens (including phenoxy) is 2. The van der Waals surface area contributed by atoms with Gasteiger partial charge in [0.15, 0.2) is 0 Å². The van der Waals surface area contributed by atoms with Crippen LogP contribution in [0.1, 0.15) is 18.4 Å². The van der Waals surface area contributed by atoms with Gasteiger partial charge in [-0.1, -0.05) is 12.1 Å². The third-order valence-corrected chi connectivity index (χ3v) is 3.93. The van der Waals surface area contributed by atoms with Crippen LogP contribution in [0, 0.1) is 0 Å². The van der Waals surface area contributed by atoms with Crippen molar-refractivity contribution in [3.05, 3.63) is 29.8 Å². The van der Waals surface area contributed by atoms with Crippen LogP contribution < -0.4 is 5.32 Å². The minimum absolute atomic E-state index is 0.0315. The summed E-state index contributed by atoms with van der Waals surface area (Å²) in [5.41, 5.74) is 2.06. The zero-order valence-corrected chi connectivity index (χ0v) is 12.2. The summed E-state index contributed by atoms with van der Waals surface area (Å²) in [6, 6.07) is 8.05. The van der Waals surface area contributed by atoms with Crippen molar-refractivity contribution in [1.29, 1.82) is 0 Å². The number of carbonyl (C=O) groups is 1. The Bertz CT molecular complexity index is 480. The lowest BCUT2D eigenvalue weighted by Crippen LogP contribution is -2.35. The van der Waals surface area contributed by atoms with Crippen LogP contribution in [0.25, 0.3) is 0 Å². The van der Waals surface area contributed by atoms with E-state index >= 15 is 0 Å². The van der Waals surface area contributed by atoms with Gasteiger partial charge >= 0.3 is 0 Å². The Labute approximate surface area is 125 Å². The Balaban J connectivity index is 1.58. The lowest BCUT2D eigenvalue weighted by Gasteiger charge is -2.26. The first kappa shape index (κ1) is 14.5. The number of morpholine rings is 1. The van der Waals surface area contributed by atoms with Crippen LogP contribution in [0.2, 0.25) is 0 Å². The lowest BCUT2D eigenvalue weighted by molar-refractivity contribution is -0.124. The highest BCUT2D eigenvalue weighted by Crippen LogP contribution is 2.17. The summed E-state index contributed by atoms with van der Waals surface area (Å²) in [6.07, 6.45) is 1.50. The SMILES string of the molecule is O=C(Nc1cccc(CN2CCOCC2)c1)C1CCCO1. The number of nitrogens with zero attached hydrogens (tertiary/aromatic N) is 1. The molecule has 2 fully saturated rings. The quantitative estimate of drug-likeness (QED) is 0.916. The molecule has 1 amide bonds. The van der Waals surface area contributed by atoms with E-state index in [-0.39, 0.29) is 12.0 Å². The average Bonchev–Trinajstić information content (AvgIpc) is 3.03. The predicted molar refractivity (Wildman–Crippen MR) is 80.1 cm³/mol. The van der Waals surface area contributed by atoms with E-state index in [1.807, 2.05) is 18.2 Å². The molecular formula is C16H22N2O3. The normalized spacial score (nSPS) is 23.1. The number of hydrogen-bond donors (Lipinski definition) is 1. The van der Waals surface area contributed by atoms with Gasteiger partial charge in [0, 0.05) is 31.9 Å². The molecule has 0 radical (unpaired) electrons. The largest absolute Gasteiger partial charge is 0.379 e. The van der Waals surface area contributed by atoms with Crippen molar-refractivity contribution in [2.75, 3.05) is 38.2 Å². The van der Waals surface area contributed by atoms with Crippen LogP contribution in [-0.4, -0.2) is 49.8 Å². The Kier molecular flexibility index (Phi) is 4.85. The second-order valence-corrected chi connectivity index (χ2v) is 5.58. The summed E-state index contributed by atoms with van der Waals surface area (Å²) in [7, 11) is 0. The smallest absolute Gasteiger partial charge is 0.253 e.